The fourth-order valence-electron chi connectivity index (χ4n) is 1.92. The summed E-state index contributed by atoms with van der Waals surface area (Å²) in [6.45, 7) is 5.73. The van der Waals surface area contributed by atoms with Crippen LogP contribution in [-0.4, -0.2) is 59.8 Å². The van der Waals surface area contributed by atoms with Gasteiger partial charge in [0.25, 0.3) is 5.08 Å². The normalized spacial score (nSPS) is 13.9. The summed E-state index contributed by atoms with van der Waals surface area (Å²) in [7, 11) is -10.7. The molecule has 21 heavy (non-hydrogen) atoms. The molecule has 0 aliphatic rings. The minimum absolute atomic E-state index is 0. The van der Waals surface area contributed by atoms with Gasteiger partial charge in [0.15, 0.2) is 0 Å². The van der Waals surface area contributed by atoms with Gasteiger partial charge in [0.2, 0.25) is 0 Å². The van der Waals surface area contributed by atoms with Crippen LogP contribution in [-0.2, 0) is 9.13 Å². The molecule has 0 aliphatic carbocycles. The highest BCUT2D eigenvalue weighted by Gasteiger charge is 2.58. The molecule has 0 saturated carbocycles. The molecule has 0 fully saturated rings. The van der Waals surface area contributed by atoms with Crippen molar-refractivity contribution in [2.75, 3.05) is 25.5 Å². The average Bonchev–Trinajstić information content (AvgIpc) is 2.32. The van der Waals surface area contributed by atoms with Crippen LogP contribution in [0.4, 0.5) is 0 Å². The fraction of sp³-hybridized carbons (Fsp3) is 1.00. The summed E-state index contributed by atoms with van der Waals surface area (Å²) in [4.78, 5) is 36.1. The summed E-state index contributed by atoms with van der Waals surface area (Å²) in [5.41, 5.74) is 0. The van der Waals surface area contributed by atoms with E-state index in [0.29, 0.717) is 16.9 Å². The molecule has 8 nitrogen and oxygen atoms in total. The summed E-state index contributed by atoms with van der Waals surface area (Å²) in [5.74, 6) is 0.497. The Morgan fingerprint density at radius 1 is 1.05 bits per heavy atom. The summed E-state index contributed by atoms with van der Waals surface area (Å²) in [6.07, 6.45) is -0.607. The molecule has 130 valence electrons. The lowest BCUT2D eigenvalue weighted by Crippen LogP contribution is -3.00. The Kier molecular flexibility index (Phi) is 9.92. The molecule has 0 rings (SSSR count). The van der Waals surface area contributed by atoms with Crippen LogP contribution in [0.3, 0.4) is 0 Å². The smallest absolute Gasteiger partial charge is 0.369 e. The molecular formula is C9H24ClNO7P2S. The SMILES string of the molecule is CC[N+](CC)(CS)CCCC(O)(P(=O)(O)O)P(=O)(O)O.[Cl-]. The first kappa shape index (κ1) is 24.1. The summed E-state index contributed by atoms with van der Waals surface area (Å²) in [6, 6.07) is 0. The number of hydrogen-bond donors (Lipinski definition) is 6. The van der Waals surface area contributed by atoms with Gasteiger partial charge < -0.3 is 41.6 Å². The van der Waals surface area contributed by atoms with Gasteiger partial charge in [-0.25, -0.2) is 0 Å². The zero-order valence-electron chi connectivity index (χ0n) is 12.0. The summed E-state index contributed by atoms with van der Waals surface area (Å²) >= 11 is 4.22. The second-order valence-electron chi connectivity index (χ2n) is 4.81. The molecule has 12 heteroatoms. The van der Waals surface area contributed by atoms with Crippen LogP contribution in [0.5, 0.6) is 0 Å². The van der Waals surface area contributed by atoms with Crippen molar-refractivity contribution in [2.24, 2.45) is 0 Å². The standard InChI is InChI=1S/C9H23NO7P2S.ClH/c1-3-10(4-2,8-20)7-5-6-9(11,18(12,13)14)19(15,16)17;/h11H,3-8H2,1-2H3,(H4-,12,13,14,15,16,17,20);1H. The second-order valence-corrected chi connectivity index (χ2v) is 9.10. The maximum absolute atomic E-state index is 11.2. The number of halogens is 1. The number of thiol groups is 1. The molecule has 0 aromatic heterocycles. The van der Waals surface area contributed by atoms with Crippen molar-refractivity contribution >= 4 is 27.8 Å². The van der Waals surface area contributed by atoms with E-state index in [2.05, 4.69) is 12.6 Å². The van der Waals surface area contributed by atoms with Gasteiger partial charge in [-0.15, -0.1) is 12.6 Å². The molecule has 0 amide bonds. The van der Waals surface area contributed by atoms with Gasteiger partial charge in [-0.2, -0.15) is 0 Å². The number of aliphatic hydroxyl groups is 1. The third kappa shape index (κ3) is 5.77. The van der Waals surface area contributed by atoms with Gasteiger partial charge in [0.1, 0.15) is 5.88 Å². The predicted octanol–water partition coefficient (Wildman–Crippen LogP) is -2.48. The Morgan fingerprint density at radius 2 is 1.43 bits per heavy atom. The van der Waals surface area contributed by atoms with Crippen LogP contribution in [0.1, 0.15) is 26.7 Å². The maximum atomic E-state index is 11.2. The van der Waals surface area contributed by atoms with E-state index >= 15 is 0 Å². The Hall–Kier alpha value is 0.860. The van der Waals surface area contributed by atoms with Gasteiger partial charge in [-0.3, -0.25) is 9.13 Å². The van der Waals surface area contributed by atoms with Crippen LogP contribution in [0.15, 0.2) is 0 Å². The number of nitrogens with zero attached hydrogens (tertiary/aromatic N) is 1. The van der Waals surface area contributed by atoms with Crippen LogP contribution < -0.4 is 12.4 Å². The summed E-state index contributed by atoms with van der Waals surface area (Å²) in [5, 5.41) is 6.44. The number of hydrogen-bond acceptors (Lipinski definition) is 4. The third-order valence-electron chi connectivity index (χ3n) is 3.72. The van der Waals surface area contributed by atoms with Gasteiger partial charge in [-0.1, -0.05) is 0 Å². The second kappa shape index (κ2) is 8.64. The van der Waals surface area contributed by atoms with Crippen molar-refractivity contribution in [1.29, 1.82) is 0 Å². The highest BCUT2D eigenvalue weighted by molar-refractivity contribution is 7.80. The van der Waals surface area contributed by atoms with Crippen molar-refractivity contribution in [3.63, 3.8) is 0 Å². The monoisotopic (exact) mass is 387 g/mol. The first-order chi connectivity index (χ1) is 8.89. The van der Waals surface area contributed by atoms with Gasteiger partial charge in [0, 0.05) is 12.8 Å². The zero-order chi connectivity index (χ0) is 16.2. The molecule has 0 bridgehead atoms. The summed E-state index contributed by atoms with van der Waals surface area (Å²) < 4.78 is 22.9. The van der Waals surface area contributed by atoms with E-state index in [4.69, 9.17) is 19.6 Å². The van der Waals surface area contributed by atoms with Crippen molar-refractivity contribution < 1.29 is 50.7 Å². The molecule has 0 unspecified atom stereocenters. The Balaban J connectivity index is 0. The van der Waals surface area contributed by atoms with Crippen LogP contribution in [0.2, 0.25) is 0 Å². The lowest BCUT2D eigenvalue weighted by molar-refractivity contribution is -0.913. The molecule has 5 N–H and O–H groups in total. The van der Waals surface area contributed by atoms with E-state index in [1.165, 1.54) is 0 Å². The fourth-order valence-corrected chi connectivity index (χ4v) is 4.72. The minimum Gasteiger partial charge on any atom is -1.00 e. The zero-order valence-corrected chi connectivity index (χ0v) is 15.4. The Morgan fingerprint density at radius 3 is 1.67 bits per heavy atom. The van der Waals surface area contributed by atoms with Crippen molar-refractivity contribution in [2.45, 2.75) is 31.8 Å². The van der Waals surface area contributed by atoms with Crippen LogP contribution >= 0.6 is 27.8 Å². The molecule has 0 spiro atoms. The molecule has 0 heterocycles. The quantitative estimate of drug-likeness (QED) is 0.112. The van der Waals surface area contributed by atoms with Gasteiger partial charge in [0.05, 0.1) is 19.6 Å². The maximum Gasteiger partial charge on any atom is 0.369 e. The molecule has 0 aromatic rings. The van der Waals surface area contributed by atoms with Gasteiger partial charge in [-0.05, 0) is 13.8 Å². The van der Waals surface area contributed by atoms with Crippen molar-refractivity contribution in [3.05, 3.63) is 0 Å². The predicted molar refractivity (Wildman–Crippen MR) is 78.3 cm³/mol. The highest BCUT2D eigenvalue weighted by atomic mass is 35.5. The van der Waals surface area contributed by atoms with Crippen molar-refractivity contribution in [1.82, 2.24) is 0 Å². The first-order valence-electron chi connectivity index (χ1n) is 6.18. The highest BCUT2D eigenvalue weighted by Crippen LogP contribution is 2.69. The molecule has 0 atom stereocenters. The molecule has 0 aromatic carbocycles. The van der Waals surface area contributed by atoms with E-state index in [-0.39, 0.29) is 18.8 Å². The molecule has 0 radical (unpaired) electrons. The molecule has 0 aliphatic heterocycles. The van der Waals surface area contributed by atoms with Crippen LogP contribution in [0.25, 0.3) is 0 Å². The van der Waals surface area contributed by atoms with Crippen molar-refractivity contribution in [3.8, 4) is 0 Å². The van der Waals surface area contributed by atoms with E-state index in [0.717, 1.165) is 13.1 Å². The Bertz CT molecular complexity index is 379. The number of quaternary nitrogens is 1. The van der Waals surface area contributed by atoms with E-state index in [9.17, 15) is 14.2 Å². The number of rotatable bonds is 9. The minimum atomic E-state index is -5.35. The third-order valence-corrected chi connectivity index (χ3v) is 8.20. The molecule has 0 saturated heterocycles. The average molecular weight is 388 g/mol. The molecular weight excluding hydrogens is 364 g/mol. The lowest BCUT2D eigenvalue weighted by atomic mass is 10.2. The lowest BCUT2D eigenvalue weighted by Gasteiger charge is -2.36. The van der Waals surface area contributed by atoms with E-state index < -0.39 is 26.7 Å². The van der Waals surface area contributed by atoms with E-state index in [1.54, 1.807) is 0 Å². The van der Waals surface area contributed by atoms with E-state index in [1.807, 2.05) is 13.8 Å². The van der Waals surface area contributed by atoms with Gasteiger partial charge >= 0.3 is 15.2 Å². The van der Waals surface area contributed by atoms with Crippen LogP contribution in [0, 0.1) is 0 Å². The largest absolute Gasteiger partial charge is 1.00 e. The Labute approximate surface area is 136 Å². The topological polar surface area (TPSA) is 135 Å². The first-order valence-corrected chi connectivity index (χ1v) is 10.0.